The molecule has 3 atom stereocenters. The maximum Gasteiger partial charge on any atom is 0.251 e. The lowest BCUT2D eigenvalue weighted by atomic mass is 9.89. The Morgan fingerprint density at radius 2 is 2.00 bits per heavy atom. The molecule has 1 heterocycles. The molecule has 0 aliphatic carbocycles. The molecule has 0 bridgehead atoms. The fourth-order valence-electron chi connectivity index (χ4n) is 2.79. The van der Waals surface area contributed by atoms with E-state index in [1.165, 1.54) is 0 Å². The van der Waals surface area contributed by atoms with Gasteiger partial charge in [-0.15, -0.1) is 0 Å². The van der Waals surface area contributed by atoms with Gasteiger partial charge < -0.3 is 16.0 Å². The van der Waals surface area contributed by atoms with E-state index in [-0.39, 0.29) is 17.3 Å². The summed E-state index contributed by atoms with van der Waals surface area (Å²) in [6.07, 6.45) is 0.848. The molecule has 3 unspecified atom stereocenters. The van der Waals surface area contributed by atoms with E-state index < -0.39 is 17.5 Å². The molecule has 1 saturated heterocycles. The SMILES string of the molecule is CC1CN(C)C(C)CC1Nc1cc(C(N)=O)c(F)cc1F. The van der Waals surface area contributed by atoms with E-state index in [2.05, 4.69) is 31.1 Å². The van der Waals surface area contributed by atoms with Gasteiger partial charge in [0.1, 0.15) is 11.6 Å². The molecule has 0 aromatic heterocycles. The third-order valence-corrected chi connectivity index (χ3v) is 4.27. The first-order chi connectivity index (χ1) is 9.79. The standard InChI is InChI=1S/C15H21F2N3O/c1-8-7-20(3)9(2)4-13(8)19-14-5-10(15(18)21)11(16)6-12(14)17/h5-6,8-9,13,19H,4,7H2,1-3H3,(H2,18,21). The Morgan fingerprint density at radius 1 is 1.33 bits per heavy atom. The van der Waals surface area contributed by atoms with Gasteiger partial charge in [-0.05, 0) is 32.4 Å². The molecule has 21 heavy (non-hydrogen) atoms. The van der Waals surface area contributed by atoms with Crippen molar-refractivity contribution in [3.05, 3.63) is 29.3 Å². The van der Waals surface area contributed by atoms with Gasteiger partial charge in [-0.1, -0.05) is 6.92 Å². The minimum atomic E-state index is -0.935. The van der Waals surface area contributed by atoms with Gasteiger partial charge in [-0.3, -0.25) is 4.79 Å². The second-order valence-corrected chi connectivity index (χ2v) is 5.93. The first kappa shape index (κ1) is 15.7. The molecule has 0 spiro atoms. The number of hydrogen-bond donors (Lipinski definition) is 2. The molecule has 1 aromatic rings. The van der Waals surface area contributed by atoms with Crippen LogP contribution in [-0.2, 0) is 0 Å². The van der Waals surface area contributed by atoms with E-state index in [0.717, 1.165) is 19.0 Å². The zero-order valence-electron chi connectivity index (χ0n) is 12.5. The number of nitrogens with one attached hydrogen (secondary N) is 1. The highest BCUT2D eigenvalue weighted by molar-refractivity contribution is 5.94. The van der Waals surface area contributed by atoms with Crippen LogP contribution < -0.4 is 11.1 Å². The highest BCUT2D eigenvalue weighted by Gasteiger charge is 2.29. The number of amides is 1. The van der Waals surface area contributed by atoms with Crippen LogP contribution in [0.5, 0.6) is 0 Å². The summed E-state index contributed by atoms with van der Waals surface area (Å²) in [5, 5.41) is 3.10. The predicted molar refractivity (Wildman–Crippen MR) is 78.2 cm³/mol. The minimum Gasteiger partial charge on any atom is -0.380 e. The van der Waals surface area contributed by atoms with Gasteiger partial charge in [0.25, 0.3) is 5.91 Å². The number of hydrogen-bond acceptors (Lipinski definition) is 3. The first-order valence-corrected chi connectivity index (χ1v) is 7.05. The topological polar surface area (TPSA) is 58.4 Å². The van der Waals surface area contributed by atoms with Crippen LogP contribution in [-0.4, -0.2) is 36.5 Å². The molecule has 116 valence electrons. The van der Waals surface area contributed by atoms with Crippen molar-refractivity contribution in [1.82, 2.24) is 4.90 Å². The van der Waals surface area contributed by atoms with Crippen LogP contribution in [0.2, 0.25) is 0 Å². The molecular weight excluding hydrogens is 276 g/mol. The van der Waals surface area contributed by atoms with Crippen molar-refractivity contribution >= 4 is 11.6 Å². The van der Waals surface area contributed by atoms with Gasteiger partial charge in [0.15, 0.2) is 0 Å². The average Bonchev–Trinajstić information content (AvgIpc) is 2.38. The molecule has 4 nitrogen and oxygen atoms in total. The first-order valence-electron chi connectivity index (χ1n) is 7.05. The Hall–Kier alpha value is -1.69. The maximum absolute atomic E-state index is 13.9. The number of carbonyl (C=O) groups excluding carboxylic acids is 1. The normalized spacial score (nSPS) is 26.6. The number of rotatable bonds is 3. The average molecular weight is 297 g/mol. The number of primary amides is 1. The largest absolute Gasteiger partial charge is 0.380 e. The van der Waals surface area contributed by atoms with Gasteiger partial charge in [0.2, 0.25) is 0 Å². The van der Waals surface area contributed by atoms with Crippen molar-refractivity contribution in [1.29, 1.82) is 0 Å². The third kappa shape index (κ3) is 3.32. The van der Waals surface area contributed by atoms with Crippen LogP contribution in [0.4, 0.5) is 14.5 Å². The monoisotopic (exact) mass is 297 g/mol. The predicted octanol–water partition coefficient (Wildman–Crippen LogP) is 2.20. The smallest absolute Gasteiger partial charge is 0.251 e. The van der Waals surface area contributed by atoms with Gasteiger partial charge >= 0.3 is 0 Å². The number of nitrogens with zero attached hydrogens (tertiary/aromatic N) is 1. The van der Waals surface area contributed by atoms with E-state index in [9.17, 15) is 13.6 Å². The number of carbonyl (C=O) groups is 1. The van der Waals surface area contributed by atoms with Crippen molar-refractivity contribution in [3.8, 4) is 0 Å². The molecular formula is C15H21F2N3O. The number of nitrogens with two attached hydrogens (primary N) is 1. The lowest BCUT2D eigenvalue weighted by molar-refractivity contribution is 0.0996. The van der Waals surface area contributed by atoms with Crippen LogP contribution in [0, 0.1) is 17.6 Å². The Bertz CT molecular complexity index is 550. The van der Waals surface area contributed by atoms with Gasteiger partial charge in [-0.25, -0.2) is 8.78 Å². The van der Waals surface area contributed by atoms with Crippen molar-refractivity contribution in [2.45, 2.75) is 32.4 Å². The summed E-state index contributed by atoms with van der Waals surface area (Å²) in [6, 6.07) is 2.29. The molecule has 1 fully saturated rings. The molecule has 6 heteroatoms. The summed E-state index contributed by atoms with van der Waals surface area (Å²) in [5.41, 5.74) is 4.92. The van der Waals surface area contributed by atoms with E-state index in [1.807, 2.05) is 0 Å². The van der Waals surface area contributed by atoms with Crippen molar-refractivity contribution < 1.29 is 13.6 Å². The van der Waals surface area contributed by atoms with Gasteiger partial charge in [0, 0.05) is 24.7 Å². The summed E-state index contributed by atoms with van der Waals surface area (Å²) in [5.74, 6) is -2.24. The Balaban J connectivity index is 2.23. The summed E-state index contributed by atoms with van der Waals surface area (Å²) in [6.45, 7) is 5.08. The molecule has 0 radical (unpaired) electrons. The summed E-state index contributed by atoms with van der Waals surface area (Å²) in [7, 11) is 2.06. The number of likely N-dealkylation sites (tertiary alicyclic amines) is 1. The van der Waals surface area contributed by atoms with E-state index in [1.54, 1.807) is 0 Å². The van der Waals surface area contributed by atoms with Crippen LogP contribution in [0.25, 0.3) is 0 Å². The number of anilines is 1. The Kier molecular flexibility index (Phi) is 4.46. The summed E-state index contributed by atoms with van der Waals surface area (Å²) < 4.78 is 27.4. The highest BCUT2D eigenvalue weighted by atomic mass is 19.1. The Morgan fingerprint density at radius 3 is 2.62 bits per heavy atom. The zero-order valence-corrected chi connectivity index (χ0v) is 12.5. The van der Waals surface area contributed by atoms with Crippen LogP contribution in [0.3, 0.4) is 0 Å². The highest BCUT2D eigenvalue weighted by Crippen LogP contribution is 2.27. The van der Waals surface area contributed by atoms with Crippen molar-refractivity contribution in [3.63, 3.8) is 0 Å². The van der Waals surface area contributed by atoms with E-state index in [4.69, 9.17) is 5.73 Å². The van der Waals surface area contributed by atoms with Gasteiger partial charge in [0.05, 0.1) is 11.3 Å². The van der Waals surface area contributed by atoms with Crippen molar-refractivity contribution in [2.24, 2.45) is 11.7 Å². The molecule has 1 aromatic carbocycles. The zero-order chi connectivity index (χ0) is 15.7. The van der Waals surface area contributed by atoms with E-state index >= 15 is 0 Å². The minimum absolute atomic E-state index is 0.0666. The number of piperidine rings is 1. The number of halogens is 2. The van der Waals surface area contributed by atoms with Gasteiger partial charge in [-0.2, -0.15) is 0 Å². The lowest BCUT2D eigenvalue weighted by Crippen LogP contribution is -2.48. The maximum atomic E-state index is 13.9. The molecule has 1 aliphatic rings. The second kappa shape index (κ2) is 5.97. The number of benzene rings is 1. The molecule has 2 rings (SSSR count). The fraction of sp³-hybridized carbons (Fsp3) is 0.533. The Labute approximate surface area is 123 Å². The van der Waals surface area contributed by atoms with Crippen molar-refractivity contribution in [2.75, 3.05) is 18.9 Å². The third-order valence-electron chi connectivity index (χ3n) is 4.27. The molecule has 0 saturated carbocycles. The van der Waals surface area contributed by atoms with Crippen LogP contribution in [0.1, 0.15) is 30.6 Å². The van der Waals surface area contributed by atoms with E-state index in [0.29, 0.717) is 18.0 Å². The summed E-state index contributed by atoms with van der Waals surface area (Å²) >= 11 is 0. The quantitative estimate of drug-likeness (QED) is 0.899. The fourth-order valence-corrected chi connectivity index (χ4v) is 2.79. The summed E-state index contributed by atoms with van der Waals surface area (Å²) in [4.78, 5) is 13.4. The van der Waals surface area contributed by atoms with Crippen LogP contribution in [0.15, 0.2) is 12.1 Å². The molecule has 1 aliphatic heterocycles. The molecule has 1 amide bonds. The van der Waals surface area contributed by atoms with Crippen LogP contribution >= 0.6 is 0 Å². The second-order valence-electron chi connectivity index (χ2n) is 5.93. The molecule has 3 N–H and O–H groups in total. The lowest BCUT2D eigenvalue weighted by Gasteiger charge is -2.40.